The minimum absolute atomic E-state index is 0.138. The topological polar surface area (TPSA) is 39.2 Å². The van der Waals surface area contributed by atoms with E-state index in [1.165, 1.54) is 19.4 Å². The molecule has 1 unspecified atom stereocenters. The molecule has 1 aliphatic carbocycles. The normalized spacial score (nSPS) is 16.9. The van der Waals surface area contributed by atoms with Crippen LogP contribution in [0.2, 0.25) is 5.02 Å². The number of aromatic nitrogens is 1. The number of hydrogen-bond donors (Lipinski definition) is 0. The van der Waals surface area contributed by atoms with Gasteiger partial charge < -0.3 is 4.74 Å². The highest BCUT2D eigenvalue weighted by Crippen LogP contribution is 2.43. The number of hydrogen-bond acceptors (Lipinski definition) is 3. The van der Waals surface area contributed by atoms with Crippen LogP contribution in [0.25, 0.3) is 0 Å². The Hall–Kier alpha value is -1.16. The molecule has 1 atom stereocenters. The van der Waals surface area contributed by atoms with Gasteiger partial charge in [0, 0.05) is 6.20 Å². The molecule has 5 heteroatoms. The third-order valence-electron chi connectivity index (χ3n) is 2.68. The van der Waals surface area contributed by atoms with Gasteiger partial charge in [0.15, 0.2) is 0 Å². The van der Waals surface area contributed by atoms with Crippen molar-refractivity contribution in [1.82, 2.24) is 4.98 Å². The van der Waals surface area contributed by atoms with E-state index in [0.717, 1.165) is 12.8 Å². The fourth-order valence-electron chi connectivity index (χ4n) is 1.74. The molecule has 1 fully saturated rings. The largest absolute Gasteiger partial charge is 0.468 e. The molecule has 1 heterocycles. The maximum Gasteiger partial charge on any atom is 0.315 e. The zero-order chi connectivity index (χ0) is 11.7. The molecule has 16 heavy (non-hydrogen) atoms. The Kier molecular flexibility index (Phi) is 3.10. The maximum atomic E-state index is 13.6. The molecule has 1 aromatic heterocycles. The second-order valence-corrected chi connectivity index (χ2v) is 4.30. The van der Waals surface area contributed by atoms with Gasteiger partial charge in [0.2, 0.25) is 0 Å². The van der Waals surface area contributed by atoms with E-state index in [-0.39, 0.29) is 16.6 Å². The molecule has 0 radical (unpaired) electrons. The van der Waals surface area contributed by atoms with Crippen molar-refractivity contribution in [2.75, 3.05) is 7.11 Å². The number of pyridine rings is 1. The van der Waals surface area contributed by atoms with E-state index in [1.54, 1.807) is 0 Å². The summed E-state index contributed by atoms with van der Waals surface area (Å²) < 4.78 is 18.3. The molecule has 1 saturated carbocycles. The highest BCUT2D eigenvalue weighted by atomic mass is 35.5. The molecule has 3 nitrogen and oxygen atoms in total. The summed E-state index contributed by atoms with van der Waals surface area (Å²) in [6.07, 6.45) is 3.16. The van der Waals surface area contributed by atoms with Crippen molar-refractivity contribution in [3.63, 3.8) is 0 Å². The van der Waals surface area contributed by atoms with Gasteiger partial charge in [0.25, 0.3) is 0 Å². The highest BCUT2D eigenvalue weighted by molar-refractivity contribution is 6.30. The number of carbonyl (C=O) groups is 1. The minimum Gasteiger partial charge on any atom is -0.468 e. The lowest BCUT2D eigenvalue weighted by Crippen LogP contribution is -2.19. The molecule has 0 aliphatic heterocycles. The van der Waals surface area contributed by atoms with Crippen molar-refractivity contribution in [3.05, 3.63) is 28.8 Å². The van der Waals surface area contributed by atoms with Gasteiger partial charge in [-0.1, -0.05) is 11.6 Å². The first-order valence-electron chi connectivity index (χ1n) is 5.02. The number of halogens is 2. The van der Waals surface area contributed by atoms with Gasteiger partial charge in [0.1, 0.15) is 11.7 Å². The van der Waals surface area contributed by atoms with E-state index in [2.05, 4.69) is 9.72 Å². The Bertz CT molecular complexity index is 420. The molecule has 2 rings (SSSR count). The molecule has 0 bridgehead atoms. The molecule has 86 valence electrons. The predicted molar refractivity (Wildman–Crippen MR) is 56.7 cm³/mol. The number of carbonyl (C=O) groups excluding carboxylic acids is 1. The van der Waals surface area contributed by atoms with Gasteiger partial charge in [-0.2, -0.15) is 0 Å². The van der Waals surface area contributed by atoms with Crippen molar-refractivity contribution in [2.24, 2.45) is 5.92 Å². The molecule has 0 N–H and O–H groups in total. The van der Waals surface area contributed by atoms with E-state index in [0.29, 0.717) is 0 Å². The van der Waals surface area contributed by atoms with Crippen LogP contribution in [-0.2, 0) is 9.53 Å². The quantitative estimate of drug-likeness (QED) is 0.766. The van der Waals surface area contributed by atoms with Crippen LogP contribution in [0.3, 0.4) is 0 Å². The van der Waals surface area contributed by atoms with E-state index in [9.17, 15) is 9.18 Å². The van der Waals surface area contributed by atoms with Crippen LogP contribution in [0.4, 0.5) is 4.39 Å². The monoisotopic (exact) mass is 243 g/mol. The van der Waals surface area contributed by atoms with Crippen molar-refractivity contribution >= 4 is 17.6 Å². The van der Waals surface area contributed by atoms with E-state index < -0.39 is 17.7 Å². The smallest absolute Gasteiger partial charge is 0.315 e. The van der Waals surface area contributed by atoms with Crippen LogP contribution in [0.5, 0.6) is 0 Å². The fourth-order valence-corrected chi connectivity index (χ4v) is 1.88. The molecule has 1 aliphatic rings. The molecule has 0 aromatic carbocycles. The Morgan fingerprint density at radius 2 is 2.38 bits per heavy atom. The first-order chi connectivity index (χ1) is 7.63. The third-order valence-corrected chi connectivity index (χ3v) is 2.89. The van der Waals surface area contributed by atoms with E-state index >= 15 is 0 Å². The maximum absolute atomic E-state index is 13.6. The molecule has 1 aromatic rings. The van der Waals surface area contributed by atoms with Crippen LogP contribution >= 0.6 is 11.6 Å². The summed E-state index contributed by atoms with van der Waals surface area (Å²) in [5.74, 6) is -1.43. The van der Waals surface area contributed by atoms with Crippen molar-refractivity contribution in [2.45, 2.75) is 18.8 Å². The molecular formula is C11H11ClFNO2. The number of ether oxygens (including phenoxy) is 1. The molecule has 0 amide bonds. The lowest BCUT2D eigenvalue weighted by atomic mass is 9.99. The van der Waals surface area contributed by atoms with E-state index in [1.807, 2.05) is 0 Å². The van der Waals surface area contributed by atoms with Crippen molar-refractivity contribution in [3.8, 4) is 0 Å². The summed E-state index contributed by atoms with van der Waals surface area (Å²) in [4.78, 5) is 15.5. The Morgan fingerprint density at radius 3 is 2.88 bits per heavy atom. The van der Waals surface area contributed by atoms with Crippen LogP contribution in [-0.4, -0.2) is 18.1 Å². The van der Waals surface area contributed by atoms with Crippen LogP contribution in [0.1, 0.15) is 24.5 Å². The third kappa shape index (κ3) is 2.16. The Balaban J connectivity index is 2.34. The van der Waals surface area contributed by atoms with Crippen molar-refractivity contribution in [1.29, 1.82) is 0 Å². The Labute approximate surface area is 97.6 Å². The molecule has 0 saturated heterocycles. The minimum atomic E-state index is -0.595. The summed E-state index contributed by atoms with van der Waals surface area (Å²) in [7, 11) is 1.30. The average molecular weight is 244 g/mol. The summed E-state index contributed by atoms with van der Waals surface area (Å²) in [5.41, 5.74) is 0.138. The van der Waals surface area contributed by atoms with Gasteiger partial charge in [-0.3, -0.25) is 9.78 Å². The second-order valence-electron chi connectivity index (χ2n) is 3.86. The number of nitrogens with zero attached hydrogens (tertiary/aromatic N) is 1. The van der Waals surface area contributed by atoms with Crippen molar-refractivity contribution < 1.29 is 13.9 Å². The van der Waals surface area contributed by atoms with Crippen LogP contribution in [0.15, 0.2) is 12.3 Å². The van der Waals surface area contributed by atoms with Gasteiger partial charge in [-0.15, -0.1) is 0 Å². The SMILES string of the molecule is COC(=O)C(c1ncc(Cl)cc1F)C1CC1. The zero-order valence-electron chi connectivity index (χ0n) is 8.74. The standard InChI is InChI=1S/C11H11ClFNO2/c1-16-11(15)9(6-2-3-6)10-8(13)4-7(12)5-14-10/h4-6,9H,2-3H2,1H3. The number of methoxy groups -OCH3 is 1. The Morgan fingerprint density at radius 1 is 1.69 bits per heavy atom. The van der Waals surface area contributed by atoms with Crippen LogP contribution < -0.4 is 0 Å². The molecule has 0 spiro atoms. The number of esters is 1. The van der Waals surface area contributed by atoms with Gasteiger partial charge in [-0.05, 0) is 24.8 Å². The summed E-state index contributed by atoms with van der Waals surface area (Å²) >= 11 is 5.61. The fraction of sp³-hybridized carbons (Fsp3) is 0.455. The molecular weight excluding hydrogens is 233 g/mol. The van der Waals surface area contributed by atoms with Gasteiger partial charge in [0.05, 0.1) is 17.8 Å². The zero-order valence-corrected chi connectivity index (χ0v) is 9.50. The van der Waals surface area contributed by atoms with Gasteiger partial charge in [-0.25, -0.2) is 4.39 Å². The number of rotatable bonds is 3. The summed E-state index contributed by atoms with van der Waals surface area (Å²) in [6.45, 7) is 0. The first-order valence-corrected chi connectivity index (χ1v) is 5.40. The highest BCUT2D eigenvalue weighted by Gasteiger charge is 2.40. The second kappa shape index (κ2) is 4.37. The van der Waals surface area contributed by atoms with E-state index in [4.69, 9.17) is 11.6 Å². The lowest BCUT2D eigenvalue weighted by Gasteiger charge is -2.13. The van der Waals surface area contributed by atoms with Gasteiger partial charge >= 0.3 is 5.97 Å². The summed E-state index contributed by atoms with van der Waals surface area (Å²) in [6, 6.07) is 1.17. The first kappa shape index (κ1) is 11.3. The lowest BCUT2D eigenvalue weighted by molar-refractivity contribution is -0.143. The average Bonchev–Trinajstić information content (AvgIpc) is 3.05. The predicted octanol–water partition coefficient (Wildman–Crippen LogP) is 2.54. The summed E-state index contributed by atoms with van der Waals surface area (Å²) in [5, 5.41) is 0.223. The van der Waals surface area contributed by atoms with Crippen LogP contribution in [0, 0.1) is 11.7 Å².